The Labute approximate surface area is 111 Å². The van der Waals surface area contributed by atoms with Crippen LogP contribution in [0.4, 0.5) is 0 Å². The van der Waals surface area contributed by atoms with Crippen LogP contribution >= 0.6 is 0 Å². The zero-order chi connectivity index (χ0) is 13.4. The van der Waals surface area contributed by atoms with Gasteiger partial charge in [0, 0.05) is 5.54 Å². The smallest absolute Gasteiger partial charge is 0.0842 e. The molecule has 1 rings (SSSR count). The second kappa shape index (κ2) is 7.63. The fourth-order valence-electron chi connectivity index (χ4n) is 1.80. The lowest BCUT2D eigenvalue weighted by molar-refractivity contribution is 0.278. The van der Waals surface area contributed by atoms with E-state index in [4.69, 9.17) is 0 Å². The molecule has 18 heavy (non-hydrogen) atoms. The first-order chi connectivity index (χ1) is 8.58. The summed E-state index contributed by atoms with van der Waals surface area (Å²) in [4.78, 5) is 0. The molecule has 0 aliphatic heterocycles. The number of rotatable bonds is 8. The van der Waals surface area contributed by atoms with Crippen molar-refractivity contribution in [3.63, 3.8) is 0 Å². The van der Waals surface area contributed by atoms with Gasteiger partial charge in [-0.2, -0.15) is 0 Å². The third kappa shape index (κ3) is 4.86. The molecule has 0 heterocycles. The molecule has 0 radical (unpaired) electrons. The zero-order valence-corrected chi connectivity index (χ0v) is 11.7. The van der Waals surface area contributed by atoms with Gasteiger partial charge in [-0.15, -0.1) is 0 Å². The van der Waals surface area contributed by atoms with Gasteiger partial charge in [0.25, 0.3) is 0 Å². The Morgan fingerprint density at radius 1 is 1.39 bits per heavy atom. The van der Waals surface area contributed by atoms with E-state index in [2.05, 4.69) is 35.5 Å². The Hall–Kier alpha value is -0.750. The minimum atomic E-state index is -2.41. The highest BCUT2D eigenvalue weighted by molar-refractivity contribution is 7.74. The van der Waals surface area contributed by atoms with E-state index in [9.17, 15) is 8.76 Å². The topological polar surface area (TPSA) is 61.4 Å². The quantitative estimate of drug-likeness (QED) is 0.580. The molecule has 102 valence electrons. The summed E-state index contributed by atoms with van der Waals surface area (Å²) in [6.45, 7) is 5.21. The summed E-state index contributed by atoms with van der Waals surface area (Å²) in [7, 11) is 0. The largest absolute Gasteiger partial charge is 0.750 e. The monoisotopic (exact) mass is 270 g/mol. The maximum atomic E-state index is 10.2. The van der Waals surface area contributed by atoms with Gasteiger partial charge in [-0.3, -0.25) is 0 Å². The van der Waals surface area contributed by atoms with Crippen molar-refractivity contribution in [2.75, 3.05) is 13.2 Å². The molecule has 0 aliphatic carbocycles. The van der Waals surface area contributed by atoms with Crippen molar-refractivity contribution >= 4 is 11.4 Å². The fourth-order valence-corrected chi connectivity index (χ4v) is 2.05. The zero-order valence-electron chi connectivity index (χ0n) is 10.8. The van der Waals surface area contributed by atoms with Gasteiger partial charge in [0.2, 0.25) is 0 Å². The fraction of sp³-hybridized carbons (Fsp3) is 0.538. The maximum Gasteiger partial charge on any atom is 0.0842 e. The standard InChI is InChI=1S/C13H21NO3S/c1-3-13(2,12-8-5-4-6-9-12)14-10-7-11-17-18(15)16/h4-6,8-9,14H,3,7,10-11H2,1-2H3,(H,15,16)/p-1. The summed E-state index contributed by atoms with van der Waals surface area (Å²) in [6, 6.07) is 10.2. The maximum absolute atomic E-state index is 10.2. The van der Waals surface area contributed by atoms with Crippen LogP contribution in [0, 0.1) is 0 Å². The normalized spacial score (nSPS) is 16.2. The molecule has 0 aromatic heterocycles. The first-order valence-electron chi connectivity index (χ1n) is 6.11. The predicted molar refractivity (Wildman–Crippen MR) is 71.6 cm³/mol. The highest BCUT2D eigenvalue weighted by Gasteiger charge is 2.22. The molecule has 2 unspecified atom stereocenters. The Morgan fingerprint density at radius 2 is 2.06 bits per heavy atom. The van der Waals surface area contributed by atoms with Crippen LogP contribution in [0.25, 0.3) is 0 Å². The summed E-state index contributed by atoms with van der Waals surface area (Å²) < 4.78 is 24.9. The molecule has 0 bridgehead atoms. The first-order valence-corrected chi connectivity index (χ1v) is 7.11. The average molecular weight is 270 g/mol. The SMILES string of the molecule is CCC(C)(NCCCOS(=O)[O-])c1ccccc1. The van der Waals surface area contributed by atoms with Crippen LogP contribution in [0.5, 0.6) is 0 Å². The van der Waals surface area contributed by atoms with E-state index in [1.807, 2.05) is 18.2 Å². The molecule has 5 heteroatoms. The Morgan fingerprint density at radius 3 is 2.61 bits per heavy atom. The molecule has 0 aliphatic rings. The lowest BCUT2D eigenvalue weighted by Gasteiger charge is -2.30. The highest BCUT2D eigenvalue weighted by Crippen LogP contribution is 2.23. The minimum Gasteiger partial charge on any atom is -0.750 e. The van der Waals surface area contributed by atoms with E-state index >= 15 is 0 Å². The van der Waals surface area contributed by atoms with Gasteiger partial charge in [0.1, 0.15) is 0 Å². The van der Waals surface area contributed by atoms with E-state index in [-0.39, 0.29) is 12.1 Å². The second-order valence-corrected chi connectivity index (χ2v) is 5.00. The van der Waals surface area contributed by atoms with Crippen molar-refractivity contribution in [2.45, 2.75) is 32.2 Å². The molecule has 0 fully saturated rings. The molecule has 1 aromatic carbocycles. The van der Waals surface area contributed by atoms with Gasteiger partial charge in [0.15, 0.2) is 0 Å². The van der Waals surface area contributed by atoms with E-state index < -0.39 is 11.4 Å². The van der Waals surface area contributed by atoms with Gasteiger partial charge < -0.3 is 14.1 Å². The van der Waals surface area contributed by atoms with Crippen LogP contribution < -0.4 is 5.32 Å². The molecular weight excluding hydrogens is 250 g/mol. The van der Waals surface area contributed by atoms with Crippen LogP contribution in [0.2, 0.25) is 0 Å². The first kappa shape index (κ1) is 15.3. The van der Waals surface area contributed by atoms with Crippen LogP contribution in [0.1, 0.15) is 32.3 Å². The summed E-state index contributed by atoms with van der Waals surface area (Å²) in [5.74, 6) is 0. The van der Waals surface area contributed by atoms with Gasteiger partial charge in [-0.1, -0.05) is 37.3 Å². The van der Waals surface area contributed by atoms with Crippen LogP contribution in [0.3, 0.4) is 0 Å². The summed E-state index contributed by atoms with van der Waals surface area (Å²) in [5, 5.41) is 3.45. The second-order valence-electron chi connectivity index (χ2n) is 4.36. The average Bonchev–Trinajstić information content (AvgIpc) is 2.38. The number of hydrogen-bond acceptors (Lipinski definition) is 4. The predicted octanol–water partition coefficient (Wildman–Crippen LogP) is 2.10. The minimum absolute atomic E-state index is 0.0854. The molecule has 0 amide bonds. The van der Waals surface area contributed by atoms with Crippen molar-refractivity contribution in [2.24, 2.45) is 0 Å². The summed E-state index contributed by atoms with van der Waals surface area (Å²) >= 11 is -2.41. The molecule has 4 nitrogen and oxygen atoms in total. The number of hydrogen-bond donors (Lipinski definition) is 1. The molecule has 1 aromatic rings. The van der Waals surface area contributed by atoms with Gasteiger partial charge in [-0.25, -0.2) is 4.21 Å². The molecule has 0 spiro atoms. The van der Waals surface area contributed by atoms with Gasteiger partial charge in [-0.05, 0) is 31.9 Å². The molecule has 0 saturated carbocycles. The molecular formula is C13H20NO3S-. The molecule has 2 atom stereocenters. The number of benzene rings is 1. The lowest BCUT2D eigenvalue weighted by Crippen LogP contribution is -2.39. The Balaban J connectivity index is 2.44. The lowest BCUT2D eigenvalue weighted by atomic mass is 9.89. The van der Waals surface area contributed by atoms with E-state index in [1.165, 1.54) is 5.56 Å². The summed E-state index contributed by atoms with van der Waals surface area (Å²) in [6.07, 6.45) is 1.63. The Kier molecular flexibility index (Phi) is 6.49. The van der Waals surface area contributed by atoms with Crippen molar-refractivity contribution in [3.8, 4) is 0 Å². The van der Waals surface area contributed by atoms with Crippen LogP contribution in [-0.4, -0.2) is 21.9 Å². The Bertz CT molecular complexity index is 372. The highest BCUT2D eigenvalue weighted by atomic mass is 32.2. The van der Waals surface area contributed by atoms with E-state index in [0.29, 0.717) is 6.42 Å². The van der Waals surface area contributed by atoms with Crippen molar-refractivity contribution < 1.29 is 12.9 Å². The number of nitrogens with one attached hydrogen (secondary N) is 1. The molecule has 1 N–H and O–H groups in total. The third-order valence-corrected chi connectivity index (χ3v) is 3.49. The van der Waals surface area contributed by atoms with Crippen LogP contribution in [-0.2, 0) is 21.1 Å². The van der Waals surface area contributed by atoms with Crippen molar-refractivity contribution in [3.05, 3.63) is 35.9 Å². The van der Waals surface area contributed by atoms with Crippen molar-refractivity contribution in [1.82, 2.24) is 5.32 Å². The third-order valence-electron chi connectivity index (χ3n) is 3.13. The van der Waals surface area contributed by atoms with Crippen molar-refractivity contribution in [1.29, 1.82) is 0 Å². The van der Waals surface area contributed by atoms with Crippen LogP contribution in [0.15, 0.2) is 30.3 Å². The molecule has 0 saturated heterocycles. The summed E-state index contributed by atoms with van der Waals surface area (Å²) in [5.41, 5.74) is 1.15. The van der Waals surface area contributed by atoms with E-state index in [1.54, 1.807) is 0 Å². The van der Waals surface area contributed by atoms with Gasteiger partial charge >= 0.3 is 0 Å². The van der Waals surface area contributed by atoms with E-state index in [0.717, 1.165) is 13.0 Å². The van der Waals surface area contributed by atoms with Gasteiger partial charge in [0.05, 0.1) is 18.0 Å².